The van der Waals surface area contributed by atoms with Crippen molar-refractivity contribution in [2.24, 2.45) is 0 Å². The molecule has 6 heteroatoms. The Bertz CT molecular complexity index is 1180. The Morgan fingerprint density at radius 3 is 2.19 bits per heavy atom. The fraction of sp³-hybridized carbons (Fsp3) is 0.160. The first-order chi connectivity index (χ1) is 14.8. The second-order valence-corrected chi connectivity index (χ2v) is 7.68. The number of amides is 2. The highest BCUT2D eigenvalue weighted by molar-refractivity contribution is 6.22. The molecule has 0 radical (unpaired) electrons. The zero-order chi connectivity index (χ0) is 22.1. The van der Waals surface area contributed by atoms with Gasteiger partial charge in [0.05, 0.1) is 5.56 Å². The second-order valence-electron chi connectivity index (χ2n) is 7.68. The number of esters is 1. The maximum Gasteiger partial charge on any atom is 0.343 e. The average molecular weight is 414 g/mol. The van der Waals surface area contributed by atoms with Crippen molar-refractivity contribution in [3.63, 3.8) is 0 Å². The van der Waals surface area contributed by atoms with Crippen molar-refractivity contribution in [1.29, 1.82) is 0 Å². The summed E-state index contributed by atoms with van der Waals surface area (Å²) in [6.07, 6.45) is 0. The number of nitrogens with zero attached hydrogens (tertiary/aromatic N) is 1. The summed E-state index contributed by atoms with van der Waals surface area (Å²) in [5, 5.41) is 2.81. The lowest BCUT2D eigenvalue weighted by molar-refractivity contribution is 0.0734. The third-order valence-electron chi connectivity index (χ3n) is 5.11. The molecule has 3 aromatic carbocycles. The molecular weight excluding hydrogens is 392 g/mol. The zero-order valence-corrected chi connectivity index (χ0v) is 17.5. The van der Waals surface area contributed by atoms with Crippen LogP contribution in [0.2, 0.25) is 0 Å². The van der Waals surface area contributed by atoms with Gasteiger partial charge in [-0.25, -0.2) is 9.59 Å². The number of ether oxygens (including phenoxy) is 1. The van der Waals surface area contributed by atoms with Crippen LogP contribution in [0.5, 0.6) is 5.75 Å². The van der Waals surface area contributed by atoms with Gasteiger partial charge in [0.15, 0.2) is 5.78 Å². The van der Waals surface area contributed by atoms with E-state index in [1.807, 2.05) is 32.0 Å². The van der Waals surface area contributed by atoms with E-state index in [0.29, 0.717) is 28.1 Å². The molecule has 0 saturated heterocycles. The van der Waals surface area contributed by atoms with Crippen LogP contribution in [-0.4, -0.2) is 30.9 Å². The van der Waals surface area contributed by atoms with E-state index in [4.69, 9.17) is 4.74 Å². The summed E-state index contributed by atoms with van der Waals surface area (Å²) in [5.74, 6) is -0.293. The summed E-state index contributed by atoms with van der Waals surface area (Å²) in [6.45, 7) is 3.78. The van der Waals surface area contributed by atoms with E-state index in [-0.39, 0.29) is 17.9 Å². The van der Waals surface area contributed by atoms with Gasteiger partial charge in [0.1, 0.15) is 5.75 Å². The number of hydrogen-bond acceptors (Lipinski definition) is 4. The summed E-state index contributed by atoms with van der Waals surface area (Å²) in [4.78, 5) is 38.9. The molecule has 0 fully saturated rings. The highest BCUT2D eigenvalue weighted by atomic mass is 16.5. The molecule has 0 atom stereocenters. The SMILES string of the molecule is CC(C)NC(=O)N(C)c1ccc(OC(=O)c2ccc3c(c2)C(=O)c2ccccc2-3)cc1. The number of fused-ring (bicyclic) bond motifs is 3. The molecule has 3 aromatic rings. The van der Waals surface area contributed by atoms with Crippen molar-refractivity contribution in [3.05, 3.63) is 83.4 Å². The molecule has 1 aliphatic rings. The number of urea groups is 1. The molecular formula is C25H22N2O4. The van der Waals surface area contributed by atoms with E-state index in [9.17, 15) is 14.4 Å². The third-order valence-corrected chi connectivity index (χ3v) is 5.11. The van der Waals surface area contributed by atoms with E-state index in [0.717, 1.165) is 11.1 Å². The molecule has 0 heterocycles. The fourth-order valence-electron chi connectivity index (χ4n) is 3.52. The molecule has 0 unspecified atom stereocenters. The van der Waals surface area contributed by atoms with Crippen LogP contribution in [0.25, 0.3) is 11.1 Å². The highest BCUT2D eigenvalue weighted by Crippen LogP contribution is 2.36. The van der Waals surface area contributed by atoms with E-state index in [2.05, 4.69) is 5.32 Å². The van der Waals surface area contributed by atoms with E-state index in [1.54, 1.807) is 55.6 Å². The minimum Gasteiger partial charge on any atom is -0.423 e. The highest BCUT2D eigenvalue weighted by Gasteiger charge is 2.27. The van der Waals surface area contributed by atoms with Gasteiger partial charge >= 0.3 is 12.0 Å². The van der Waals surface area contributed by atoms with Gasteiger partial charge < -0.3 is 10.1 Å². The number of anilines is 1. The first-order valence-corrected chi connectivity index (χ1v) is 10.00. The van der Waals surface area contributed by atoms with E-state index < -0.39 is 5.97 Å². The Labute approximate surface area is 180 Å². The Hall–Kier alpha value is -3.93. The lowest BCUT2D eigenvalue weighted by Gasteiger charge is -2.20. The normalized spacial score (nSPS) is 11.7. The number of carbonyl (C=O) groups is 3. The van der Waals surface area contributed by atoms with E-state index in [1.165, 1.54) is 4.90 Å². The third kappa shape index (κ3) is 3.92. The van der Waals surface area contributed by atoms with Crippen molar-refractivity contribution in [2.75, 3.05) is 11.9 Å². The number of benzene rings is 3. The molecule has 0 bridgehead atoms. The van der Waals surface area contributed by atoms with Gasteiger partial charge in [0.25, 0.3) is 0 Å². The Balaban J connectivity index is 1.48. The van der Waals surface area contributed by atoms with E-state index >= 15 is 0 Å². The van der Waals surface area contributed by atoms with Crippen molar-refractivity contribution >= 4 is 23.5 Å². The van der Waals surface area contributed by atoms with Crippen LogP contribution >= 0.6 is 0 Å². The quantitative estimate of drug-likeness (QED) is 0.389. The Morgan fingerprint density at radius 2 is 1.52 bits per heavy atom. The number of rotatable bonds is 4. The van der Waals surface area contributed by atoms with Crippen molar-refractivity contribution in [3.8, 4) is 16.9 Å². The van der Waals surface area contributed by atoms with Crippen LogP contribution in [-0.2, 0) is 0 Å². The molecule has 0 aromatic heterocycles. The molecule has 2 amide bonds. The molecule has 156 valence electrons. The smallest absolute Gasteiger partial charge is 0.343 e. The standard InChI is InChI=1S/C25H22N2O4/c1-15(2)26-25(30)27(3)17-9-11-18(12-10-17)31-24(29)16-8-13-20-19-6-4-5-7-21(19)23(28)22(20)14-16/h4-15H,1-3H3,(H,26,30). The minimum atomic E-state index is -0.551. The van der Waals surface area contributed by atoms with Crippen LogP contribution in [0.1, 0.15) is 40.1 Å². The van der Waals surface area contributed by atoms with Crippen molar-refractivity contribution in [2.45, 2.75) is 19.9 Å². The summed E-state index contributed by atoms with van der Waals surface area (Å²) >= 11 is 0. The first-order valence-electron chi connectivity index (χ1n) is 10.00. The summed E-state index contributed by atoms with van der Waals surface area (Å²) < 4.78 is 5.46. The maximum absolute atomic E-state index is 12.7. The predicted octanol–water partition coefficient (Wildman–Crippen LogP) is 4.67. The summed E-state index contributed by atoms with van der Waals surface area (Å²) in [7, 11) is 1.66. The predicted molar refractivity (Wildman–Crippen MR) is 119 cm³/mol. The lowest BCUT2D eigenvalue weighted by Crippen LogP contribution is -2.40. The van der Waals surface area contributed by atoms with Crippen molar-refractivity contribution < 1.29 is 19.1 Å². The van der Waals surface area contributed by atoms with Gasteiger partial charge in [-0.15, -0.1) is 0 Å². The fourth-order valence-corrected chi connectivity index (χ4v) is 3.52. The van der Waals surface area contributed by atoms with Gasteiger partial charge in [-0.1, -0.05) is 30.3 Å². The zero-order valence-electron chi connectivity index (χ0n) is 17.5. The minimum absolute atomic E-state index is 0.0298. The summed E-state index contributed by atoms with van der Waals surface area (Å²) in [6, 6.07) is 18.9. The van der Waals surface area contributed by atoms with Gasteiger partial charge in [0.2, 0.25) is 0 Å². The van der Waals surface area contributed by atoms with Crippen LogP contribution in [0, 0.1) is 0 Å². The topological polar surface area (TPSA) is 75.7 Å². The number of nitrogens with one attached hydrogen (secondary N) is 1. The molecule has 0 aliphatic heterocycles. The first kappa shape index (κ1) is 20.3. The molecule has 6 nitrogen and oxygen atoms in total. The van der Waals surface area contributed by atoms with Gasteiger partial charge in [0, 0.05) is 29.9 Å². The summed E-state index contributed by atoms with van der Waals surface area (Å²) in [5.41, 5.74) is 3.82. The molecule has 0 saturated carbocycles. The molecule has 0 spiro atoms. The Kier molecular flexibility index (Phi) is 5.29. The van der Waals surface area contributed by atoms with Crippen LogP contribution in [0.3, 0.4) is 0 Å². The lowest BCUT2D eigenvalue weighted by atomic mass is 10.0. The second kappa shape index (κ2) is 8.07. The maximum atomic E-state index is 12.7. The van der Waals surface area contributed by atoms with Gasteiger partial charge in [-0.05, 0) is 61.4 Å². The molecule has 1 aliphatic carbocycles. The van der Waals surface area contributed by atoms with Gasteiger partial charge in [-0.2, -0.15) is 0 Å². The Morgan fingerprint density at radius 1 is 0.871 bits per heavy atom. The van der Waals surface area contributed by atoms with Crippen molar-refractivity contribution in [1.82, 2.24) is 5.32 Å². The number of ketones is 1. The monoisotopic (exact) mass is 414 g/mol. The van der Waals surface area contributed by atoms with Gasteiger partial charge in [-0.3, -0.25) is 9.69 Å². The van der Waals surface area contributed by atoms with Crippen LogP contribution in [0.4, 0.5) is 10.5 Å². The molecule has 1 N–H and O–H groups in total. The number of carbonyl (C=O) groups excluding carboxylic acids is 3. The van der Waals surface area contributed by atoms with Crippen LogP contribution < -0.4 is 15.0 Å². The number of hydrogen-bond donors (Lipinski definition) is 1. The molecule has 31 heavy (non-hydrogen) atoms. The average Bonchev–Trinajstić information content (AvgIpc) is 3.05. The largest absolute Gasteiger partial charge is 0.423 e. The van der Waals surface area contributed by atoms with Crippen LogP contribution in [0.15, 0.2) is 66.7 Å². The molecule has 4 rings (SSSR count).